The van der Waals surface area contributed by atoms with E-state index in [0.29, 0.717) is 24.3 Å². The minimum absolute atomic E-state index is 0.397. The molecule has 1 aliphatic carbocycles. The van der Waals surface area contributed by atoms with E-state index in [2.05, 4.69) is 32.6 Å². The van der Waals surface area contributed by atoms with Crippen LogP contribution in [0.2, 0.25) is 0 Å². The number of rotatable bonds is 5. The number of nitrogens with one attached hydrogen (secondary N) is 1. The topological polar surface area (TPSA) is 73.1 Å². The van der Waals surface area contributed by atoms with E-state index in [9.17, 15) is 0 Å². The van der Waals surface area contributed by atoms with Crippen LogP contribution in [-0.2, 0) is 19.4 Å². The molecule has 1 aliphatic rings. The lowest BCUT2D eigenvalue weighted by Gasteiger charge is -2.25. The lowest BCUT2D eigenvalue weighted by Crippen LogP contribution is -2.34. The molecule has 2 aromatic heterocycles. The van der Waals surface area contributed by atoms with E-state index >= 15 is 0 Å². The summed E-state index contributed by atoms with van der Waals surface area (Å²) in [6, 6.07) is 10.5. The third-order valence-corrected chi connectivity index (χ3v) is 4.57. The van der Waals surface area contributed by atoms with Gasteiger partial charge >= 0.3 is 0 Å². The van der Waals surface area contributed by atoms with Crippen LogP contribution in [0.5, 0.6) is 5.75 Å². The van der Waals surface area contributed by atoms with E-state index in [0.717, 1.165) is 30.6 Å². The molecule has 0 fully saturated rings. The van der Waals surface area contributed by atoms with Crippen molar-refractivity contribution in [1.29, 1.82) is 0 Å². The van der Waals surface area contributed by atoms with Crippen molar-refractivity contribution in [3.63, 3.8) is 0 Å². The van der Waals surface area contributed by atoms with Crippen molar-refractivity contribution in [2.45, 2.75) is 31.8 Å². The Kier molecular flexibility index (Phi) is 4.43. The zero-order chi connectivity index (χ0) is 17.1. The average Bonchev–Trinajstić information content (AvgIpc) is 3.15. The fraction of sp³-hybridized carbons (Fsp3) is 0.316. The van der Waals surface area contributed by atoms with Gasteiger partial charge in [-0.15, -0.1) is 0 Å². The summed E-state index contributed by atoms with van der Waals surface area (Å²) in [4.78, 5) is 8.51. The normalized spacial score (nSPS) is 16.4. The van der Waals surface area contributed by atoms with Crippen LogP contribution < -0.4 is 10.1 Å². The molecular weight excluding hydrogens is 316 g/mol. The molecule has 0 unspecified atom stereocenters. The molecule has 6 heteroatoms. The SMILES string of the molecule is COc1ccc2c(c1)C[C@@H](NCc1nc(-c3cccnc3)no1)CC2. The van der Waals surface area contributed by atoms with Crippen LogP contribution in [0.1, 0.15) is 23.4 Å². The second-order valence-corrected chi connectivity index (χ2v) is 6.21. The van der Waals surface area contributed by atoms with Crippen LogP contribution in [0.4, 0.5) is 0 Å². The van der Waals surface area contributed by atoms with Crippen LogP contribution >= 0.6 is 0 Å². The maximum Gasteiger partial charge on any atom is 0.240 e. The number of benzene rings is 1. The lowest BCUT2D eigenvalue weighted by molar-refractivity contribution is 0.349. The van der Waals surface area contributed by atoms with Crippen molar-refractivity contribution < 1.29 is 9.26 Å². The molecule has 0 radical (unpaired) electrons. The summed E-state index contributed by atoms with van der Waals surface area (Å²) in [5, 5.41) is 7.55. The third-order valence-electron chi connectivity index (χ3n) is 4.57. The number of hydrogen-bond donors (Lipinski definition) is 1. The van der Waals surface area contributed by atoms with Crippen molar-refractivity contribution in [2.24, 2.45) is 0 Å². The molecule has 6 nitrogen and oxygen atoms in total. The molecule has 0 saturated heterocycles. The van der Waals surface area contributed by atoms with E-state index < -0.39 is 0 Å². The molecule has 0 saturated carbocycles. The molecule has 0 amide bonds. The molecule has 1 atom stereocenters. The summed E-state index contributed by atoms with van der Waals surface area (Å²) < 4.78 is 10.7. The van der Waals surface area contributed by atoms with Crippen molar-refractivity contribution in [1.82, 2.24) is 20.4 Å². The van der Waals surface area contributed by atoms with E-state index in [1.807, 2.05) is 18.2 Å². The van der Waals surface area contributed by atoms with E-state index in [1.165, 1.54) is 11.1 Å². The molecule has 1 aromatic carbocycles. The zero-order valence-electron chi connectivity index (χ0n) is 14.1. The molecule has 25 heavy (non-hydrogen) atoms. The average molecular weight is 336 g/mol. The summed E-state index contributed by atoms with van der Waals surface area (Å²) >= 11 is 0. The molecule has 4 rings (SSSR count). The monoisotopic (exact) mass is 336 g/mol. The standard InChI is InChI=1S/C19H20N4O2/c1-24-17-7-5-13-4-6-16(9-15(13)10-17)21-12-18-22-19(23-25-18)14-3-2-8-20-11-14/h2-3,5,7-8,10-11,16,21H,4,6,9,12H2,1H3/t16-/m0/s1. The molecule has 0 bridgehead atoms. The van der Waals surface area contributed by atoms with Crippen LogP contribution in [-0.4, -0.2) is 28.3 Å². The quantitative estimate of drug-likeness (QED) is 0.772. The van der Waals surface area contributed by atoms with Gasteiger partial charge in [-0.3, -0.25) is 4.98 Å². The summed E-state index contributed by atoms with van der Waals surface area (Å²) in [5.41, 5.74) is 3.62. The number of hydrogen-bond acceptors (Lipinski definition) is 6. The highest BCUT2D eigenvalue weighted by atomic mass is 16.5. The Balaban J connectivity index is 1.38. The van der Waals surface area contributed by atoms with Crippen LogP contribution in [0.3, 0.4) is 0 Å². The van der Waals surface area contributed by atoms with Crippen LogP contribution in [0.25, 0.3) is 11.4 Å². The highest BCUT2D eigenvalue weighted by Crippen LogP contribution is 2.25. The van der Waals surface area contributed by atoms with Gasteiger partial charge in [-0.1, -0.05) is 11.2 Å². The number of ether oxygens (including phenoxy) is 1. The minimum Gasteiger partial charge on any atom is -0.497 e. The van der Waals surface area contributed by atoms with Crippen molar-refractivity contribution in [3.05, 3.63) is 59.7 Å². The van der Waals surface area contributed by atoms with E-state index in [1.54, 1.807) is 19.5 Å². The Bertz CT molecular complexity index is 848. The second kappa shape index (κ2) is 7.03. The van der Waals surface area contributed by atoms with Crippen molar-refractivity contribution in [2.75, 3.05) is 7.11 Å². The number of fused-ring (bicyclic) bond motifs is 1. The van der Waals surface area contributed by atoms with Gasteiger partial charge in [-0.2, -0.15) is 4.98 Å². The Morgan fingerprint density at radius 2 is 2.24 bits per heavy atom. The number of pyridine rings is 1. The maximum absolute atomic E-state index is 5.34. The van der Waals surface area contributed by atoms with E-state index in [-0.39, 0.29) is 0 Å². The van der Waals surface area contributed by atoms with Gasteiger partial charge in [0.2, 0.25) is 11.7 Å². The molecule has 2 heterocycles. The van der Waals surface area contributed by atoms with Gasteiger partial charge < -0.3 is 14.6 Å². The van der Waals surface area contributed by atoms with Gasteiger partial charge in [0.1, 0.15) is 5.75 Å². The summed E-state index contributed by atoms with van der Waals surface area (Å²) in [5.74, 6) is 2.08. The van der Waals surface area contributed by atoms with Gasteiger partial charge in [0.15, 0.2) is 0 Å². The Morgan fingerprint density at radius 3 is 3.08 bits per heavy atom. The molecular formula is C19H20N4O2. The molecule has 128 valence electrons. The fourth-order valence-corrected chi connectivity index (χ4v) is 3.21. The Hall–Kier alpha value is -2.73. The largest absolute Gasteiger partial charge is 0.497 e. The van der Waals surface area contributed by atoms with Crippen LogP contribution in [0, 0.1) is 0 Å². The summed E-state index contributed by atoms with van der Waals surface area (Å²) in [6.07, 6.45) is 6.61. The van der Waals surface area contributed by atoms with Gasteiger partial charge in [-0.05, 0) is 54.7 Å². The second-order valence-electron chi connectivity index (χ2n) is 6.21. The Labute approximate surface area is 146 Å². The highest BCUT2D eigenvalue weighted by molar-refractivity contribution is 5.51. The lowest BCUT2D eigenvalue weighted by atomic mass is 9.88. The Morgan fingerprint density at radius 1 is 1.28 bits per heavy atom. The smallest absolute Gasteiger partial charge is 0.240 e. The predicted octanol–water partition coefficient (Wildman–Crippen LogP) is 2.79. The zero-order valence-corrected chi connectivity index (χ0v) is 14.1. The predicted molar refractivity (Wildman–Crippen MR) is 93.2 cm³/mol. The van der Waals surface area contributed by atoms with Gasteiger partial charge in [0, 0.05) is 24.0 Å². The summed E-state index contributed by atoms with van der Waals surface area (Å²) in [6.45, 7) is 0.567. The fourth-order valence-electron chi connectivity index (χ4n) is 3.21. The number of aromatic nitrogens is 3. The number of methoxy groups -OCH3 is 1. The molecule has 3 aromatic rings. The minimum atomic E-state index is 0.397. The highest BCUT2D eigenvalue weighted by Gasteiger charge is 2.19. The van der Waals surface area contributed by atoms with Gasteiger partial charge in [0.25, 0.3) is 0 Å². The first kappa shape index (κ1) is 15.8. The molecule has 1 N–H and O–H groups in total. The van der Waals surface area contributed by atoms with Gasteiger partial charge in [0.05, 0.1) is 13.7 Å². The first-order valence-corrected chi connectivity index (χ1v) is 8.44. The number of nitrogens with zero attached hydrogens (tertiary/aromatic N) is 3. The summed E-state index contributed by atoms with van der Waals surface area (Å²) in [7, 11) is 1.70. The van der Waals surface area contributed by atoms with E-state index in [4.69, 9.17) is 9.26 Å². The maximum atomic E-state index is 5.34. The third kappa shape index (κ3) is 3.53. The first-order chi connectivity index (χ1) is 12.3. The number of aryl methyl sites for hydroxylation is 1. The van der Waals surface area contributed by atoms with Crippen LogP contribution in [0.15, 0.2) is 47.2 Å². The van der Waals surface area contributed by atoms with Crippen molar-refractivity contribution >= 4 is 0 Å². The van der Waals surface area contributed by atoms with Gasteiger partial charge in [-0.25, -0.2) is 0 Å². The molecule has 0 aliphatic heterocycles. The molecule has 0 spiro atoms. The first-order valence-electron chi connectivity index (χ1n) is 8.44. The van der Waals surface area contributed by atoms with Crippen molar-refractivity contribution in [3.8, 4) is 17.1 Å².